The molecule has 0 aromatic heterocycles. The third-order valence-corrected chi connectivity index (χ3v) is 3.75. The quantitative estimate of drug-likeness (QED) is 0.784. The zero-order valence-corrected chi connectivity index (χ0v) is 11.2. The highest BCUT2D eigenvalue weighted by molar-refractivity contribution is 5.85. The maximum absolute atomic E-state index is 11.8. The molecule has 1 aliphatic carbocycles. The molecule has 0 heterocycles. The van der Waals surface area contributed by atoms with Crippen LogP contribution in [0.25, 0.3) is 0 Å². The SMILES string of the molecule is CCC(N)(CC)CNC(=O)C1CCCC1.Cl. The van der Waals surface area contributed by atoms with Crippen molar-refractivity contribution >= 4 is 18.3 Å². The number of carbonyl (C=O) groups excluding carboxylic acids is 1. The lowest BCUT2D eigenvalue weighted by Crippen LogP contribution is -2.50. The van der Waals surface area contributed by atoms with E-state index in [4.69, 9.17) is 5.73 Å². The Bertz CT molecular complexity index is 211. The van der Waals surface area contributed by atoms with Crippen molar-refractivity contribution in [2.24, 2.45) is 11.7 Å². The first-order valence-electron chi connectivity index (χ1n) is 6.18. The van der Waals surface area contributed by atoms with E-state index in [9.17, 15) is 4.79 Å². The first-order valence-corrected chi connectivity index (χ1v) is 6.18. The molecular weight excluding hydrogens is 224 g/mol. The molecule has 3 N–H and O–H groups in total. The van der Waals surface area contributed by atoms with E-state index >= 15 is 0 Å². The van der Waals surface area contributed by atoms with Crippen molar-refractivity contribution in [2.45, 2.75) is 57.9 Å². The normalized spacial score (nSPS) is 16.9. The minimum Gasteiger partial charge on any atom is -0.354 e. The Morgan fingerprint density at radius 2 is 1.81 bits per heavy atom. The molecule has 1 aliphatic rings. The van der Waals surface area contributed by atoms with Crippen LogP contribution < -0.4 is 11.1 Å². The second-order valence-electron chi connectivity index (χ2n) is 4.77. The Labute approximate surface area is 105 Å². The molecule has 96 valence electrons. The highest BCUT2D eigenvalue weighted by Crippen LogP contribution is 2.24. The third kappa shape index (κ3) is 4.30. The number of hydrogen-bond acceptors (Lipinski definition) is 2. The van der Waals surface area contributed by atoms with Gasteiger partial charge in [0.15, 0.2) is 0 Å². The molecule has 3 nitrogen and oxygen atoms in total. The van der Waals surface area contributed by atoms with Crippen molar-refractivity contribution in [1.82, 2.24) is 5.32 Å². The Kier molecular flexibility index (Phi) is 7.00. The third-order valence-electron chi connectivity index (χ3n) is 3.75. The molecule has 0 atom stereocenters. The van der Waals surface area contributed by atoms with Crippen LogP contribution in [0.4, 0.5) is 0 Å². The molecule has 4 heteroatoms. The Morgan fingerprint density at radius 3 is 2.25 bits per heavy atom. The van der Waals surface area contributed by atoms with Crippen LogP contribution in [0.1, 0.15) is 52.4 Å². The summed E-state index contributed by atoms with van der Waals surface area (Å²) in [4.78, 5) is 11.8. The van der Waals surface area contributed by atoms with Crippen molar-refractivity contribution in [3.8, 4) is 0 Å². The summed E-state index contributed by atoms with van der Waals surface area (Å²) in [7, 11) is 0. The zero-order chi connectivity index (χ0) is 11.3. The van der Waals surface area contributed by atoms with Gasteiger partial charge >= 0.3 is 0 Å². The molecule has 0 aliphatic heterocycles. The minimum atomic E-state index is -0.214. The van der Waals surface area contributed by atoms with Crippen LogP contribution in [0.3, 0.4) is 0 Å². The predicted octanol–water partition coefficient (Wildman–Crippen LogP) is 2.23. The monoisotopic (exact) mass is 248 g/mol. The van der Waals surface area contributed by atoms with Crippen LogP contribution in [0.2, 0.25) is 0 Å². The van der Waals surface area contributed by atoms with E-state index in [1.807, 2.05) is 0 Å². The smallest absolute Gasteiger partial charge is 0.223 e. The summed E-state index contributed by atoms with van der Waals surface area (Å²) >= 11 is 0. The fraction of sp³-hybridized carbons (Fsp3) is 0.917. The average molecular weight is 249 g/mol. The summed E-state index contributed by atoms with van der Waals surface area (Å²) in [6.07, 6.45) is 6.34. The van der Waals surface area contributed by atoms with E-state index in [1.54, 1.807) is 0 Å². The fourth-order valence-corrected chi connectivity index (χ4v) is 2.10. The lowest BCUT2D eigenvalue weighted by molar-refractivity contribution is -0.125. The van der Waals surface area contributed by atoms with Crippen molar-refractivity contribution in [1.29, 1.82) is 0 Å². The second kappa shape index (κ2) is 7.13. The molecule has 0 radical (unpaired) electrons. The van der Waals surface area contributed by atoms with E-state index in [0.717, 1.165) is 25.7 Å². The Balaban J connectivity index is 0.00000225. The molecular formula is C12H25ClN2O. The van der Waals surface area contributed by atoms with Gasteiger partial charge in [0.2, 0.25) is 5.91 Å². The molecule has 0 aromatic carbocycles. The Hall–Kier alpha value is -0.280. The number of amides is 1. The standard InChI is InChI=1S/C12H24N2O.ClH/c1-3-12(13,4-2)9-14-11(15)10-7-5-6-8-10;/h10H,3-9,13H2,1-2H3,(H,14,15);1H. The van der Waals surface area contributed by atoms with Gasteiger partial charge in [-0.2, -0.15) is 0 Å². The summed E-state index contributed by atoms with van der Waals surface area (Å²) in [6.45, 7) is 4.77. The molecule has 0 unspecified atom stereocenters. The van der Waals surface area contributed by atoms with Crippen LogP contribution in [0.15, 0.2) is 0 Å². The van der Waals surface area contributed by atoms with Crippen molar-refractivity contribution < 1.29 is 4.79 Å². The molecule has 0 saturated heterocycles. The number of rotatable bonds is 5. The van der Waals surface area contributed by atoms with E-state index < -0.39 is 0 Å². The maximum Gasteiger partial charge on any atom is 0.223 e. The molecule has 1 rings (SSSR count). The van der Waals surface area contributed by atoms with Gasteiger partial charge < -0.3 is 11.1 Å². The van der Waals surface area contributed by atoms with E-state index in [-0.39, 0.29) is 29.8 Å². The molecule has 16 heavy (non-hydrogen) atoms. The topological polar surface area (TPSA) is 55.1 Å². The number of hydrogen-bond donors (Lipinski definition) is 2. The molecule has 0 aromatic rings. The van der Waals surface area contributed by atoms with Gasteiger partial charge in [-0.25, -0.2) is 0 Å². The van der Waals surface area contributed by atoms with Crippen molar-refractivity contribution in [3.63, 3.8) is 0 Å². The van der Waals surface area contributed by atoms with Crippen LogP contribution in [0.5, 0.6) is 0 Å². The van der Waals surface area contributed by atoms with Crippen LogP contribution in [-0.4, -0.2) is 18.0 Å². The first kappa shape index (κ1) is 15.7. The van der Waals surface area contributed by atoms with Crippen molar-refractivity contribution in [3.05, 3.63) is 0 Å². The molecule has 0 spiro atoms. The molecule has 0 bridgehead atoms. The molecule has 1 fully saturated rings. The lowest BCUT2D eigenvalue weighted by atomic mass is 9.94. The summed E-state index contributed by atoms with van der Waals surface area (Å²) in [6, 6.07) is 0. The lowest BCUT2D eigenvalue weighted by Gasteiger charge is -2.27. The maximum atomic E-state index is 11.8. The second-order valence-corrected chi connectivity index (χ2v) is 4.77. The van der Waals surface area contributed by atoms with Crippen LogP contribution in [-0.2, 0) is 4.79 Å². The van der Waals surface area contributed by atoms with Crippen LogP contribution in [0, 0.1) is 5.92 Å². The predicted molar refractivity (Wildman–Crippen MR) is 69.7 cm³/mol. The number of carbonyl (C=O) groups is 1. The van der Waals surface area contributed by atoms with Gasteiger partial charge in [0.25, 0.3) is 0 Å². The fourth-order valence-electron chi connectivity index (χ4n) is 2.10. The molecule has 1 amide bonds. The summed E-state index contributed by atoms with van der Waals surface area (Å²) < 4.78 is 0. The first-order chi connectivity index (χ1) is 7.11. The van der Waals surface area contributed by atoms with Gasteiger partial charge in [-0.3, -0.25) is 4.79 Å². The number of nitrogens with one attached hydrogen (secondary N) is 1. The van der Waals surface area contributed by atoms with Gasteiger partial charge in [0, 0.05) is 18.0 Å². The van der Waals surface area contributed by atoms with Crippen LogP contribution >= 0.6 is 12.4 Å². The number of halogens is 1. The van der Waals surface area contributed by atoms with Gasteiger partial charge in [-0.1, -0.05) is 26.7 Å². The average Bonchev–Trinajstić information content (AvgIpc) is 2.79. The largest absolute Gasteiger partial charge is 0.354 e. The molecule has 1 saturated carbocycles. The minimum absolute atomic E-state index is 0. The highest BCUT2D eigenvalue weighted by atomic mass is 35.5. The summed E-state index contributed by atoms with van der Waals surface area (Å²) in [5, 5.41) is 3.00. The van der Waals surface area contributed by atoms with Crippen molar-refractivity contribution in [2.75, 3.05) is 6.54 Å². The summed E-state index contributed by atoms with van der Waals surface area (Å²) in [5.74, 6) is 0.465. The zero-order valence-electron chi connectivity index (χ0n) is 10.4. The van der Waals surface area contributed by atoms with Gasteiger partial charge in [0.1, 0.15) is 0 Å². The Morgan fingerprint density at radius 1 is 1.31 bits per heavy atom. The number of nitrogens with two attached hydrogens (primary N) is 1. The van der Waals surface area contributed by atoms with Gasteiger partial charge in [-0.05, 0) is 25.7 Å². The van der Waals surface area contributed by atoms with Gasteiger partial charge in [0.05, 0.1) is 0 Å². The summed E-state index contributed by atoms with van der Waals surface area (Å²) in [5.41, 5.74) is 5.91. The van der Waals surface area contributed by atoms with E-state index in [2.05, 4.69) is 19.2 Å². The highest BCUT2D eigenvalue weighted by Gasteiger charge is 2.25. The van der Waals surface area contributed by atoms with E-state index in [1.165, 1.54) is 12.8 Å². The van der Waals surface area contributed by atoms with E-state index in [0.29, 0.717) is 6.54 Å². The van der Waals surface area contributed by atoms with Gasteiger partial charge in [-0.15, -0.1) is 12.4 Å².